The number of ketones is 1. The van der Waals surface area contributed by atoms with Crippen LogP contribution in [0.3, 0.4) is 0 Å². The molecule has 9 nitrogen and oxygen atoms in total. The third-order valence-corrected chi connectivity index (χ3v) is 8.12. The minimum atomic E-state index is -4.79. The summed E-state index contributed by atoms with van der Waals surface area (Å²) in [6.07, 6.45) is -1.68. The van der Waals surface area contributed by atoms with Gasteiger partial charge in [-0.25, -0.2) is 4.68 Å². The second-order valence-electron chi connectivity index (χ2n) is 11.7. The molecule has 2 aromatic rings. The average molecular weight is 548 g/mol. The molecule has 0 spiro atoms. The van der Waals surface area contributed by atoms with Crippen LogP contribution in [0.15, 0.2) is 18.2 Å². The van der Waals surface area contributed by atoms with Gasteiger partial charge in [-0.1, -0.05) is 13.8 Å². The number of Topliss-reactive ketones (excluding diaryl/α,β-unsaturated/α-hetero) is 1. The van der Waals surface area contributed by atoms with E-state index in [-0.39, 0.29) is 48.4 Å². The smallest absolute Gasteiger partial charge is 0.435 e. The fraction of sp³-hybridized carbons (Fsp3) is 0.556. The molecule has 2 saturated carbocycles. The van der Waals surface area contributed by atoms with Crippen molar-refractivity contribution < 1.29 is 32.3 Å². The summed E-state index contributed by atoms with van der Waals surface area (Å²) in [5.74, 6) is -1.01. The number of amides is 1. The van der Waals surface area contributed by atoms with Gasteiger partial charge >= 0.3 is 12.1 Å². The lowest BCUT2D eigenvalue weighted by Gasteiger charge is -2.29. The Morgan fingerprint density at radius 2 is 1.82 bits per heavy atom. The van der Waals surface area contributed by atoms with Crippen molar-refractivity contribution in [1.29, 1.82) is 0 Å². The number of esters is 1. The fourth-order valence-corrected chi connectivity index (χ4v) is 6.59. The van der Waals surface area contributed by atoms with Gasteiger partial charge in [0.2, 0.25) is 0 Å². The number of carbonyl (C=O) groups excluding carboxylic acids is 3. The van der Waals surface area contributed by atoms with E-state index in [2.05, 4.69) is 10.4 Å². The molecule has 3 aliphatic rings. The molecule has 0 aliphatic heterocycles. The minimum absolute atomic E-state index is 0.00150. The number of hydrogen-bond acceptors (Lipinski definition) is 7. The molecule has 3 aliphatic carbocycles. The summed E-state index contributed by atoms with van der Waals surface area (Å²) in [4.78, 5) is 36.6. The van der Waals surface area contributed by atoms with Crippen molar-refractivity contribution in [3.05, 3.63) is 40.7 Å². The van der Waals surface area contributed by atoms with Gasteiger partial charge in [0.15, 0.2) is 11.5 Å². The number of nitrogens with two attached hydrogens (primary N) is 2. The molecular weight excluding hydrogens is 515 g/mol. The first kappa shape index (κ1) is 27.2. The van der Waals surface area contributed by atoms with Crippen LogP contribution in [0, 0.1) is 17.3 Å². The number of hydrogen-bond donors (Lipinski definition) is 3. The predicted molar refractivity (Wildman–Crippen MR) is 135 cm³/mol. The van der Waals surface area contributed by atoms with Crippen molar-refractivity contribution in [2.75, 3.05) is 11.9 Å². The monoisotopic (exact) mass is 547 g/mol. The maximum Gasteiger partial charge on any atom is 0.435 e. The summed E-state index contributed by atoms with van der Waals surface area (Å²) in [6, 6.07) is 4.52. The van der Waals surface area contributed by atoms with Crippen LogP contribution in [0.2, 0.25) is 0 Å². The molecule has 1 aromatic carbocycles. The molecular formula is C27H32F3N5O4. The summed E-state index contributed by atoms with van der Waals surface area (Å²) in [5, 5.41) is 7.24. The summed E-state index contributed by atoms with van der Waals surface area (Å²) in [5.41, 5.74) is 9.96. The third-order valence-electron chi connectivity index (χ3n) is 8.12. The van der Waals surface area contributed by atoms with Crippen LogP contribution >= 0.6 is 0 Å². The highest BCUT2D eigenvalue weighted by atomic mass is 19.4. The molecule has 210 valence electrons. The zero-order valence-corrected chi connectivity index (χ0v) is 21.8. The van der Waals surface area contributed by atoms with Crippen LogP contribution in [0.4, 0.5) is 18.9 Å². The number of anilines is 1. The molecule has 1 heterocycles. The molecule has 1 amide bonds. The molecule has 39 heavy (non-hydrogen) atoms. The Kier molecular flexibility index (Phi) is 6.72. The van der Waals surface area contributed by atoms with Gasteiger partial charge in [-0.3, -0.25) is 14.4 Å². The van der Waals surface area contributed by atoms with Crippen LogP contribution in [0.5, 0.6) is 0 Å². The van der Waals surface area contributed by atoms with Gasteiger partial charge in [0, 0.05) is 18.2 Å². The largest absolute Gasteiger partial charge is 0.461 e. The standard InChI is InChI=1S/C27H32F3N5O4/c1-26(2)10-20-23(21(36)11-26)24(27(28,29)30)34-35(20)16-3-4-18(25(32)38)19(9-16)33-15-5-13-7-17(8-14(13)6-15)39-22(37)12-31/h3-4,9,13-15,17,33H,5-8,10-12,31H2,1-2H3,(H2,32,38)/t13-,14+,15?,17?. The van der Waals surface area contributed by atoms with Crippen molar-refractivity contribution in [1.82, 2.24) is 9.78 Å². The average Bonchev–Trinajstić information content (AvgIpc) is 3.49. The number of fused-ring (bicyclic) bond motifs is 2. The number of nitrogens with zero attached hydrogens (tertiary/aromatic N) is 2. The number of benzene rings is 1. The van der Waals surface area contributed by atoms with E-state index in [1.165, 1.54) is 16.8 Å². The van der Waals surface area contributed by atoms with Gasteiger partial charge in [-0.15, -0.1) is 0 Å². The van der Waals surface area contributed by atoms with Crippen molar-refractivity contribution in [2.45, 2.75) is 70.7 Å². The molecule has 0 saturated heterocycles. The Morgan fingerprint density at radius 3 is 2.41 bits per heavy atom. The lowest BCUT2D eigenvalue weighted by atomic mass is 9.75. The number of nitrogens with one attached hydrogen (secondary N) is 1. The molecule has 4 atom stereocenters. The number of ether oxygens (including phenoxy) is 1. The van der Waals surface area contributed by atoms with Crippen molar-refractivity contribution in [3.8, 4) is 5.69 Å². The molecule has 0 radical (unpaired) electrons. The first-order chi connectivity index (χ1) is 18.3. The summed E-state index contributed by atoms with van der Waals surface area (Å²) < 4.78 is 48.2. The normalized spacial score (nSPS) is 25.7. The number of halogens is 3. The minimum Gasteiger partial charge on any atom is -0.461 e. The van der Waals surface area contributed by atoms with Gasteiger partial charge in [0.25, 0.3) is 5.91 Å². The molecule has 2 unspecified atom stereocenters. The summed E-state index contributed by atoms with van der Waals surface area (Å²) in [7, 11) is 0. The zero-order valence-electron chi connectivity index (χ0n) is 21.8. The fourth-order valence-electron chi connectivity index (χ4n) is 6.59. The lowest BCUT2D eigenvalue weighted by Crippen LogP contribution is -2.29. The number of alkyl halides is 3. The number of carbonyl (C=O) groups is 3. The maximum absolute atomic E-state index is 13.9. The van der Waals surface area contributed by atoms with Crippen molar-refractivity contribution in [2.24, 2.45) is 28.7 Å². The van der Waals surface area contributed by atoms with E-state index in [0.29, 0.717) is 23.2 Å². The van der Waals surface area contributed by atoms with Gasteiger partial charge in [0.05, 0.1) is 29.1 Å². The number of aromatic nitrogens is 2. The molecule has 1 aromatic heterocycles. The molecule has 5 N–H and O–H groups in total. The van der Waals surface area contributed by atoms with Crippen LogP contribution in [-0.2, 0) is 22.1 Å². The summed E-state index contributed by atoms with van der Waals surface area (Å²) in [6.45, 7) is 3.51. The summed E-state index contributed by atoms with van der Waals surface area (Å²) >= 11 is 0. The maximum atomic E-state index is 13.9. The highest BCUT2D eigenvalue weighted by Crippen LogP contribution is 2.46. The highest BCUT2D eigenvalue weighted by molar-refractivity contribution is 6.00. The van der Waals surface area contributed by atoms with Gasteiger partial charge in [-0.2, -0.15) is 18.3 Å². The Balaban J connectivity index is 1.44. The Hall–Kier alpha value is -3.41. The van der Waals surface area contributed by atoms with Gasteiger partial charge in [0.1, 0.15) is 6.10 Å². The lowest BCUT2D eigenvalue weighted by molar-refractivity contribution is -0.147. The van der Waals surface area contributed by atoms with Crippen LogP contribution < -0.4 is 16.8 Å². The SMILES string of the molecule is CC1(C)CC(=O)c2c(C(F)(F)F)nn(-c3ccc(C(N)=O)c(NC4C[C@@H]5CC(OC(=O)CN)C[C@@H]5C4)c3)c2C1. The van der Waals surface area contributed by atoms with Crippen molar-refractivity contribution >= 4 is 23.3 Å². The topological polar surface area (TPSA) is 142 Å². The van der Waals surface area contributed by atoms with Crippen LogP contribution in [0.25, 0.3) is 5.69 Å². The van der Waals surface area contributed by atoms with E-state index < -0.39 is 34.9 Å². The quantitative estimate of drug-likeness (QED) is 0.469. The molecule has 2 fully saturated rings. The highest BCUT2D eigenvalue weighted by Gasteiger charge is 2.46. The Bertz CT molecular complexity index is 1320. The molecule has 5 rings (SSSR count). The number of primary amides is 1. The van der Waals surface area contributed by atoms with E-state index in [1.807, 2.05) is 13.8 Å². The second-order valence-corrected chi connectivity index (χ2v) is 11.7. The van der Waals surface area contributed by atoms with Crippen molar-refractivity contribution in [3.63, 3.8) is 0 Å². The van der Waals surface area contributed by atoms with E-state index in [1.54, 1.807) is 6.07 Å². The molecule has 0 bridgehead atoms. The zero-order chi connectivity index (χ0) is 28.3. The van der Waals surface area contributed by atoms with E-state index in [9.17, 15) is 27.6 Å². The Labute approximate surface area is 223 Å². The first-order valence-electron chi connectivity index (χ1n) is 13.1. The first-order valence-corrected chi connectivity index (χ1v) is 13.1. The predicted octanol–water partition coefficient (Wildman–Crippen LogP) is 3.62. The van der Waals surface area contributed by atoms with Gasteiger partial charge < -0.3 is 21.5 Å². The van der Waals surface area contributed by atoms with Gasteiger partial charge in [-0.05, 0) is 67.6 Å². The van der Waals surface area contributed by atoms with Crippen LogP contribution in [0.1, 0.15) is 78.1 Å². The second kappa shape index (κ2) is 9.65. The van der Waals surface area contributed by atoms with E-state index >= 15 is 0 Å². The van der Waals surface area contributed by atoms with Crippen LogP contribution in [-0.4, -0.2) is 46.1 Å². The Morgan fingerprint density at radius 1 is 1.15 bits per heavy atom. The van der Waals surface area contributed by atoms with E-state index in [4.69, 9.17) is 16.2 Å². The number of rotatable bonds is 6. The van der Waals surface area contributed by atoms with E-state index in [0.717, 1.165) is 25.7 Å². The third kappa shape index (κ3) is 5.26. The molecule has 12 heteroatoms.